The molecule has 0 amide bonds. The van der Waals surface area contributed by atoms with Gasteiger partial charge in [-0.1, -0.05) is 40.0 Å². The van der Waals surface area contributed by atoms with Gasteiger partial charge in [0, 0.05) is 19.2 Å². The normalized spacial score (nSPS) is 26.4. The predicted octanol–water partition coefficient (Wildman–Crippen LogP) is 2.97. The maximum atomic E-state index is 5.80. The zero-order valence-electron chi connectivity index (χ0n) is 10.6. The molecule has 0 aliphatic carbocycles. The van der Waals surface area contributed by atoms with Gasteiger partial charge in [0.05, 0.1) is 6.10 Å². The molecule has 1 rings (SSSR count). The summed E-state index contributed by atoms with van der Waals surface area (Å²) in [6, 6.07) is 0.599. The first-order valence-corrected chi connectivity index (χ1v) is 6.59. The van der Waals surface area contributed by atoms with Crippen molar-refractivity contribution in [2.45, 2.75) is 65.0 Å². The van der Waals surface area contributed by atoms with Crippen molar-refractivity contribution in [3.8, 4) is 0 Å². The molecule has 90 valence electrons. The molecule has 2 heteroatoms. The molecule has 2 unspecified atom stereocenters. The minimum Gasteiger partial charge on any atom is -0.378 e. The van der Waals surface area contributed by atoms with Crippen LogP contribution >= 0.6 is 0 Å². The molecule has 1 saturated heterocycles. The highest BCUT2D eigenvalue weighted by Gasteiger charge is 2.27. The van der Waals surface area contributed by atoms with E-state index in [9.17, 15) is 0 Å². The zero-order chi connectivity index (χ0) is 11.1. The standard InChI is InChI=1S/C13H27NO/c1-4-5-6-7-13-12(8-9-15-13)10-14-11(2)3/h11-14H,4-10H2,1-3H3. The number of unbranched alkanes of at least 4 members (excludes halogenated alkanes) is 2. The molecule has 0 bridgehead atoms. The van der Waals surface area contributed by atoms with Gasteiger partial charge < -0.3 is 10.1 Å². The second kappa shape index (κ2) is 7.24. The zero-order valence-corrected chi connectivity index (χ0v) is 10.6. The third-order valence-corrected chi connectivity index (χ3v) is 3.23. The van der Waals surface area contributed by atoms with Crippen molar-refractivity contribution in [3.05, 3.63) is 0 Å². The van der Waals surface area contributed by atoms with Crippen molar-refractivity contribution < 1.29 is 4.74 Å². The van der Waals surface area contributed by atoms with E-state index in [2.05, 4.69) is 26.1 Å². The number of hydrogen-bond donors (Lipinski definition) is 1. The summed E-state index contributed by atoms with van der Waals surface area (Å²) in [5, 5.41) is 3.53. The van der Waals surface area contributed by atoms with E-state index in [-0.39, 0.29) is 0 Å². The van der Waals surface area contributed by atoms with Gasteiger partial charge in [-0.15, -0.1) is 0 Å². The summed E-state index contributed by atoms with van der Waals surface area (Å²) < 4.78 is 5.80. The van der Waals surface area contributed by atoms with Crippen LogP contribution in [0.1, 0.15) is 52.9 Å². The van der Waals surface area contributed by atoms with E-state index in [4.69, 9.17) is 4.74 Å². The second-order valence-electron chi connectivity index (χ2n) is 5.02. The smallest absolute Gasteiger partial charge is 0.0616 e. The van der Waals surface area contributed by atoms with Crippen molar-refractivity contribution in [2.75, 3.05) is 13.2 Å². The number of hydrogen-bond acceptors (Lipinski definition) is 2. The average molecular weight is 213 g/mol. The van der Waals surface area contributed by atoms with Crippen molar-refractivity contribution >= 4 is 0 Å². The minimum absolute atomic E-state index is 0.530. The first kappa shape index (κ1) is 13.0. The van der Waals surface area contributed by atoms with Crippen LogP contribution in [0.2, 0.25) is 0 Å². The van der Waals surface area contributed by atoms with Crippen molar-refractivity contribution in [1.82, 2.24) is 5.32 Å². The molecule has 2 atom stereocenters. The molecule has 0 aromatic heterocycles. The monoisotopic (exact) mass is 213 g/mol. The van der Waals surface area contributed by atoms with E-state index in [1.54, 1.807) is 0 Å². The van der Waals surface area contributed by atoms with Crippen LogP contribution < -0.4 is 5.32 Å². The molecule has 1 fully saturated rings. The SMILES string of the molecule is CCCCCC1OCCC1CNC(C)C. The summed E-state index contributed by atoms with van der Waals surface area (Å²) in [5.74, 6) is 0.754. The van der Waals surface area contributed by atoms with Gasteiger partial charge in [-0.3, -0.25) is 0 Å². The van der Waals surface area contributed by atoms with Gasteiger partial charge in [0.1, 0.15) is 0 Å². The van der Waals surface area contributed by atoms with Gasteiger partial charge in [-0.25, -0.2) is 0 Å². The third-order valence-electron chi connectivity index (χ3n) is 3.23. The van der Waals surface area contributed by atoms with E-state index in [1.807, 2.05) is 0 Å². The highest BCUT2D eigenvalue weighted by molar-refractivity contribution is 4.78. The molecule has 0 aromatic carbocycles. The summed E-state index contributed by atoms with van der Waals surface area (Å²) in [7, 11) is 0. The molecule has 1 aliphatic rings. The summed E-state index contributed by atoms with van der Waals surface area (Å²) in [6.07, 6.45) is 7.03. The molecule has 0 saturated carbocycles. The molecule has 1 aliphatic heterocycles. The van der Waals surface area contributed by atoms with Crippen molar-refractivity contribution in [1.29, 1.82) is 0 Å². The van der Waals surface area contributed by atoms with Crippen LogP contribution in [0, 0.1) is 5.92 Å². The second-order valence-corrected chi connectivity index (χ2v) is 5.02. The molecular formula is C13H27NO. The summed E-state index contributed by atoms with van der Waals surface area (Å²) >= 11 is 0. The number of nitrogens with one attached hydrogen (secondary N) is 1. The van der Waals surface area contributed by atoms with E-state index in [1.165, 1.54) is 32.1 Å². The third kappa shape index (κ3) is 4.98. The highest BCUT2D eigenvalue weighted by Crippen LogP contribution is 2.24. The maximum absolute atomic E-state index is 5.80. The van der Waals surface area contributed by atoms with Gasteiger partial charge in [0.15, 0.2) is 0 Å². The van der Waals surface area contributed by atoms with Gasteiger partial charge in [0.25, 0.3) is 0 Å². The Morgan fingerprint density at radius 1 is 1.33 bits per heavy atom. The fourth-order valence-electron chi connectivity index (χ4n) is 2.23. The lowest BCUT2D eigenvalue weighted by Crippen LogP contribution is -2.32. The molecule has 0 aromatic rings. The lowest BCUT2D eigenvalue weighted by Gasteiger charge is -2.20. The Kier molecular flexibility index (Phi) is 6.26. The molecular weight excluding hydrogens is 186 g/mol. The highest BCUT2D eigenvalue weighted by atomic mass is 16.5. The first-order chi connectivity index (χ1) is 7.24. The minimum atomic E-state index is 0.530. The van der Waals surface area contributed by atoms with Gasteiger partial charge in [-0.2, -0.15) is 0 Å². The van der Waals surface area contributed by atoms with Gasteiger partial charge in [-0.05, 0) is 18.8 Å². The van der Waals surface area contributed by atoms with Crippen molar-refractivity contribution in [2.24, 2.45) is 5.92 Å². The van der Waals surface area contributed by atoms with E-state index in [0.29, 0.717) is 12.1 Å². The van der Waals surface area contributed by atoms with Gasteiger partial charge in [0.2, 0.25) is 0 Å². The van der Waals surface area contributed by atoms with E-state index < -0.39 is 0 Å². The van der Waals surface area contributed by atoms with E-state index >= 15 is 0 Å². The average Bonchev–Trinajstić information content (AvgIpc) is 2.63. The molecule has 1 heterocycles. The van der Waals surface area contributed by atoms with Crippen LogP contribution in [-0.2, 0) is 4.74 Å². The quantitative estimate of drug-likeness (QED) is 0.656. The topological polar surface area (TPSA) is 21.3 Å². The van der Waals surface area contributed by atoms with Gasteiger partial charge >= 0.3 is 0 Å². The Bertz CT molecular complexity index is 159. The fourth-order valence-corrected chi connectivity index (χ4v) is 2.23. The van der Waals surface area contributed by atoms with Crippen LogP contribution in [0.4, 0.5) is 0 Å². The molecule has 15 heavy (non-hydrogen) atoms. The fraction of sp³-hybridized carbons (Fsp3) is 1.00. The van der Waals surface area contributed by atoms with Crippen LogP contribution in [-0.4, -0.2) is 25.3 Å². The number of ether oxygens (including phenoxy) is 1. The molecule has 0 radical (unpaired) electrons. The molecule has 1 N–H and O–H groups in total. The summed E-state index contributed by atoms with van der Waals surface area (Å²) in [4.78, 5) is 0. The Labute approximate surface area is 94.8 Å². The molecule has 2 nitrogen and oxygen atoms in total. The van der Waals surface area contributed by atoms with Crippen LogP contribution in [0.25, 0.3) is 0 Å². The number of rotatable bonds is 7. The lowest BCUT2D eigenvalue weighted by molar-refractivity contribution is 0.0806. The van der Waals surface area contributed by atoms with Crippen LogP contribution in [0.3, 0.4) is 0 Å². The first-order valence-electron chi connectivity index (χ1n) is 6.59. The van der Waals surface area contributed by atoms with Crippen molar-refractivity contribution in [3.63, 3.8) is 0 Å². The summed E-state index contributed by atoms with van der Waals surface area (Å²) in [5.41, 5.74) is 0. The Morgan fingerprint density at radius 2 is 2.13 bits per heavy atom. The Balaban J connectivity index is 2.17. The largest absolute Gasteiger partial charge is 0.378 e. The lowest BCUT2D eigenvalue weighted by atomic mass is 9.96. The van der Waals surface area contributed by atoms with E-state index in [0.717, 1.165) is 19.1 Å². The van der Waals surface area contributed by atoms with Crippen LogP contribution in [0.15, 0.2) is 0 Å². The Morgan fingerprint density at radius 3 is 2.80 bits per heavy atom. The molecule has 0 spiro atoms. The van der Waals surface area contributed by atoms with Crippen LogP contribution in [0.5, 0.6) is 0 Å². The summed E-state index contributed by atoms with van der Waals surface area (Å²) in [6.45, 7) is 8.78. The predicted molar refractivity (Wildman–Crippen MR) is 65.1 cm³/mol. The maximum Gasteiger partial charge on any atom is 0.0616 e. The Hall–Kier alpha value is -0.0800.